The first kappa shape index (κ1) is 14.1. The molecule has 0 radical (unpaired) electrons. The van der Waals surface area contributed by atoms with Gasteiger partial charge < -0.3 is 26.0 Å². The van der Waals surface area contributed by atoms with Crippen LogP contribution in [0.25, 0.3) is 0 Å². The average molecular weight is 278 g/mol. The zero-order valence-electron chi connectivity index (χ0n) is 11.3. The maximum Gasteiger partial charge on any atom is 0.322 e. The van der Waals surface area contributed by atoms with Gasteiger partial charge in [-0.05, 0) is 12.1 Å². The summed E-state index contributed by atoms with van der Waals surface area (Å²) in [5.74, 6) is 0.132. The molecule has 3 amide bonds. The number of urea groups is 1. The molecule has 1 fully saturated rings. The Labute approximate surface area is 117 Å². The Kier molecular flexibility index (Phi) is 4.41. The molecule has 1 unspecified atom stereocenters. The molecule has 1 aromatic rings. The van der Waals surface area contributed by atoms with Crippen molar-refractivity contribution < 1.29 is 14.3 Å². The molecule has 1 atom stereocenters. The molecule has 20 heavy (non-hydrogen) atoms. The van der Waals surface area contributed by atoms with Gasteiger partial charge in [0.15, 0.2) is 0 Å². The first-order chi connectivity index (χ1) is 9.61. The van der Waals surface area contributed by atoms with Crippen molar-refractivity contribution in [3.05, 3.63) is 24.3 Å². The monoisotopic (exact) mass is 278 g/mol. The summed E-state index contributed by atoms with van der Waals surface area (Å²) >= 11 is 0. The number of amides is 3. The van der Waals surface area contributed by atoms with E-state index in [-0.39, 0.29) is 6.03 Å². The number of piperazine rings is 1. The lowest BCUT2D eigenvalue weighted by Gasteiger charge is -2.34. The summed E-state index contributed by atoms with van der Waals surface area (Å²) in [7, 11) is 1.56. The second-order valence-corrected chi connectivity index (χ2v) is 4.48. The van der Waals surface area contributed by atoms with E-state index >= 15 is 0 Å². The van der Waals surface area contributed by atoms with Crippen LogP contribution in [0.5, 0.6) is 5.75 Å². The molecule has 108 valence electrons. The van der Waals surface area contributed by atoms with Crippen molar-refractivity contribution in [1.29, 1.82) is 0 Å². The number of carbonyl (C=O) groups excluding carboxylic acids is 2. The Balaban J connectivity index is 2.07. The predicted octanol–water partition coefficient (Wildman–Crippen LogP) is -0.0138. The number of benzene rings is 1. The Morgan fingerprint density at radius 3 is 3.00 bits per heavy atom. The number of nitrogens with one attached hydrogen (secondary N) is 2. The van der Waals surface area contributed by atoms with Crippen molar-refractivity contribution in [2.24, 2.45) is 5.73 Å². The Morgan fingerprint density at radius 2 is 2.30 bits per heavy atom. The SMILES string of the molecule is COc1cccc(NC(=O)N2CCNCC2C(N)=O)c1. The fourth-order valence-corrected chi connectivity index (χ4v) is 2.10. The third-order valence-electron chi connectivity index (χ3n) is 3.15. The lowest BCUT2D eigenvalue weighted by atomic mass is 10.2. The topological polar surface area (TPSA) is 96.7 Å². The van der Waals surface area contributed by atoms with Crippen molar-refractivity contribution in [1.82, 2.24) is 10.2 Å². The summed E-state index contributed by atoms with van der Waals surface area (Å²) in [4.78, 5) is 25.0. The standard InChI is InChI=1S/C13H18N4O3/c1-20-10-4-2-3-9(7-10)16-13(19)17-6-5-15-8-11(17)12(14)18/h2-4,7,11,15H,5-6,8H2,1H3,(H2,14,18)(H,16,19). The van der Waals surface area contributed by atoms with Gasteiger partial charge in [0.1, 0.15) is 11.8 Å². The second kappa shape index (κ2) is 6.25. The molecule has 0 aromatic heterocycles. The van der Waals surface area contributed by atoms with Crippen molar-refractivity contribution in [2.45, 2.75) is 6.04 Å². The van der Waals surface area contributed by atoms with Gasteiger partial charge in [-0.2, -0.15) is 0 Å². The average Bonchev–Trinajstić information content (AvgIpc) is 2.47. The fourth-order valence-electron chi connectivity index (χ4n) is 2.10. The fraction of sp³-hybridized carbons (Fsp3) is 0.385. The van der Waals surface area contributed by atoms with E-state index < -0.39 is 11.9 Å². The molecule has 0 spiro atoms. The van der Waals surface area contributed by atoms with Crippen LogP contribution in [0.15, 0.2) is 24.3 Å². The highest BCUT2D eigenvalue weighted by atomic mass is 16.5. The summed E-state index contributed by atoms with van der Waals surface area (Å²) in [6.45, 7) is 1.44. The Bertz CT molecular complexity index is 506. The van der Waals surface area contributed by atoms with Crippen LogP contribution in [0.3, 0.4) is 0 Å². The van der Waals surface area contributed by atoms with Crippen molar-refractivity contribution in [2.75, 3.05) is 32.1 Å². The zero-order chi connectivity index (χ0) is 14.5. The lowest BCUT2D eigenvalue weighted by molar-refractivity contribution is -0.122. The molecule has 2 rings (SSSR count). The third-order valence-corrected chi connectivity index (χ3v) is 3.15. The van der Waals surface area contributed by atoms with E-state index in [0.29, 0.717) is 31.1 Å². The van der Waals surface area contributed by atoms with Crippen LogP contribution in [-0.4, -0.2) is 49.6 Å². The van der Waals surface area contributed by atoms with Crippen LogP contribution < -0.4 is 21.1 Å². The van der Waals surface area contributed by atoms with E-state index in [1.165, 1.54) is 4.90 Å². The predicted molar refractivity (Wildman–Crippen MR) is 74.6 cm³/mol. The van der Waals surface area contributed by atoms with Crippen molar-refractivity contribution in [3.8, 4) is 5.75 Å². The van der Waals surface area contributed by atoms with Gasteiger partial charge in [-0.3, -0.25) is 4.79 Å². The molecule has 1 saturated heterocycles. The molecule has 4 N–H and O–H groups in total. The largest absolute Gasteiger partial charge is 0.497 e. The van der Waals surface area contributed by atoms with Crippen LogP contribution in [0.4, 0.5) is 10.5 Å². The van der Waals surface area contributed by atoms with Crippen LogP contribution in [-0.2, 0) is 4.79 Å². The molecule has 1 aromatic carbocycles. The zero-order valence-corrected chi connectivity index (χ0v) is 11.3. The molecule has 7 heteroatoms. The van der Waals surface area contributed by atoms with Crippen molar-refractivity contribution >= 4 is 17.6 Å². The minimum Gasteiger partial charge on any atom is -0.497 e. The van der Waals surface area contributed by atoms with E-state index in [1.54, 1.807) is 31.4 Å². The Hall–Kier alpha value is -2.28. The summed E-state index contributed by atoms with van der Waals surface area (Å²) in [6.07, 6.45) is 0. The smallest absolute Gasteiger partial charge is 0.322 e. The molecule has 1 heterocycles. The van der Waals surface area contributed by atoms with Crippen LogP contribution in [0.2, 0.25) is 0 Å². The number of nitrogens with two attached hydrogens (primary N) is 1. The van der Waals surface area contributed by atoms with E-state index in [0.717, 1.165) is 0 Å². The number of methoxy groups -OCH3 is 1. The number of anilines is 1. The van der Waals surface area contributed by atoms with Gasteiger partial charge in [-0.1, -0.05) is 6.07 Å². The molecule has 0 bridgehead atoms. The van der Waals surface area contributed by atoms with E-state index in [1.807, 2.05) is 0 Å². The maximum atomic E-state index is 12.2. The number of primary amides is 1. The van der Waals surface area contributed by atoms with Gasteiger partial charge in [0.2, 0.25) is 5.91 Å². The van der Waals surface area contributed by atoms with Gasteiger partial charge in [-0.15, -0.1) is 0 Å². The summed E-state index contributed by atoms with van der Waals surface area (Å²) in [5, 5.41) is 5.78. The highest BCUT2D eigenvalue weighted by Gasteiger charge is 2.30. The highest BCUT2D eigenvalue weighted by Crippen LogP contribution is 2.17. The van der Waals surface area contributed by atoms with Gasteiger partial charge in [0.25, 0.3) is 0 Å². The number of carbonyl (C=O) groups is 2. The van der Waals surface area contributed by atoms with Gasteiger partial charge in [-0.25, -0.2) is 4.79 Å². The first-order valence-corrected chi connectivity index (χ1v) is 6.33. The molecule has 0 aliphatic carbocycles. The van der Waals surface area contributed by atoms with E-state index in [2.05, 4.69) is 10.6 Å². The summed E-state index contributed by atoms with van der Waals surface area (Å²) < 4.78 is 5.09. The maximum absolute atomic E-state index is 12.2. The number of rotatable bonds is 3. The van der Waals surface area contributed by atoms with Crippen molar-refractivity contribution in [3.63, 3.8) is 0 Å². The van der Waals surface area contributed by atoms with E-state index in [4.69, 9.17) is 10.5 Å². The van der Waals surface area contributed by atoms with Crippen LogP contribution in [0, 0.1) is 0 Å². The molecular formula is C13H18N4O3. The molecule has 7 nitrogen and oxygen atoms in total. The minimum absolute atomic E-state index is 0.344. The number of ether oxygens (including phenoxy) is 1. The number of hydrogen-bond acceptors (Lipinski definition) is 4. The van der Waals surface area contributed by atoms with Gasteiger partial charge in [0, 0.05) is 31.4 Å². The number of nitrogens with zero attached hydrogens (tertiary/aromatic N) is 1. The summed E-state index contributed by atoms with van der Waals surface area (Å²) in [6, 6.07) is 6.05. The molecule has 0 saturated carbocycles. The number of hydrogen-bond donors (Lipinski definition) is 3. The van der Waals surface area contributed by atoms with Crippen LogP contribution >= 0.6 is 0 Å². The Morgan fingerprint density at radius 1 is 1.50 bits per heavy atom. The molecule has 1 aliphatic heterocycles. The summed E-state index contributed by atoms with van der Waals surface area (Å²) in [5.41, 5.74) is 5.92. The minimum atomic E-state index is -0.630. The highest BCUT2D eigenvalue weighted by molar-refractivity contribution is 5.93. The first-order valence-electron chi connectivity index (χ1n) is 6.33. The van der Waals surface area contributed by atoms with Gasteiger partial charge in [0.05, 0.1) is 7.11 Å². The molecular weight excluding hydrogens is 260 g/mol. The quantitative estimate of drug-likeness (QED) is 0.724. The van der Waals surface area contributed by atoms with Crippen LogP contribution in [0.1, 0.15) is 0 Å². The lowest BCUT2D eigenvalue weighted by Crippen LogP contribution is -2.59. The third kappa shape index (κ3) is 3.18. The molecule has 1 aliphatic rings. The van der Waals surface area contributed by atoms with Gasteiger partial charge >= 0.3 is 6.03 Å². The second-order valence-electron chi connectivity index (χ2n) is 4.48. The normalized spacial score (nSPS) is 18.4. The van der Waals surface area contributed by atoms with E-state index in [9.17, 15) is 9.59 Å².